The molecule has 0 amide bonds. The Balaban J connectivity index is 1.07. The third kappa shape index (κ3) is 7.20. The number of nitrogens with zero attached hydrogens (tertiary/aromatic N) is 6. The Kier molecular flexibility index (Phi) is 9.84. The van der Waals surface area contributed by atoms with Crippen molar-refractivity contribution in [1.82, 2.24) is 19.1 Å². The van der Waals surface area contributed by atoms with Crippen LogP contribution in [0.2, 0.25) is 0 Å². The highest BCUT2D eigenvalue weighted by molar-refractivity contribution is 6.09. The lowest BCUT2D eigenvalue weighted by Gasteiger charge is -2.34. The highest BCUT2D eigenvalue weighted by Gasteiger charge is 2.36. The first-order valence-electron chi connectivity index (χ1n) is 24.1. The van der Waals surface area contributed by atoms with Crippen molar-refractivity contribution >= 4 is 49.9 Å². The van der Waals surface area contributed by atoms with Crippen molar-refractivity contribution in [1.29, 1.82) is 0 Å². The lowest BCUT2D eigenvalue weighted by molar-refractivity contribution is 0.483. The second kappa shape index (κ2) is 16.0. The molecule has 2 aliphatic rings. The standard InChI is InChI=1S/C61H56N6O/c1-60(2,3)43-29-30-62-58(34-43)67-52-25-14-13-22-49(52)50-28-27-45(36-53(50)67)68-46-33-42(59-47(40-18-9-7-10-19-40)23-17-24-48(59)41-20-11-8-12-21-41)32-44(35-46)65-39-66(61(4,5)6)56-38-54-51(37-55(56)65)63-57-26-15-16-31-64(54)57/h7-14,17-25,27-30,32-38H,15-16,26,31,39H2,1-6H3. The van der Waals surface area contributed by atoms with Gasteiger partial charge in [-0.05, 0) is 133 Å². The summed E-state index contributed by atoms with van der Waals surface area (Å²) in [4.78, 5) is 15.2. The number of pyridine rings is 1. The quantitative estimate of drug-likeness (QED) is 0.160. The molecule has 12 rings (SSSR count). The molecule has 0 spiro atoms. The normalized spacial score (nSPS) is 14.0. The minimum absolute atomic E-state index is 0.0309. The van der Waals surface area contributed by atoms with Crippen LogP contribution >= 0.6 is 0 Å². The molecule has 0 atom stereocenters. The highest BCUT2D eigenvalue weighted by atomic mass is 16.5. The lowest BCUT2D eigenvalue weighted by Crippen LogP contribution is -2.42. The molecule has 3 aromatic heterocycles. The molecule has 7 aromatic carbocycles. The first-order chi connectivity index (χ1) is 33.0. The molecule has 0 bridgehead atoms. The molecule has 0 fully saturated rings. The van der Waals surface area contributed by atoms with Crippen LogP contribution in [0, 0.1) is 0 Å². The summed E-state index contributed by atoms with van der Waals surface area (Å²) in [5.74, 6) is 3.59. The molecule has 0 aliphatic carbocycles. The van der Waals surface area contributed by atoms with E-state index in [0.717, 1.165) is 97.0 Å². The summed E-state index contributed by atoms with van der Waals surface area (Å²) in [6.45, 7) is 15.4. The van der Waals surface area contributed by atoms with Crippen LogP contribution in [0.1, 0.15) is 65.8 Å². The zero-order valence-corrected chi connectivity index (χ0v) is 39.8. The van der Waals surface area contributed by atoms with E-state index in [9.17, 15) is 0 Å². The fraction of sp³-hybridized carbons (Fsp3) is 0.213. The number of fused-ring (bicyclic) bond motifs is 7. The third-order valence-corrected chi connectivity index (χ3v) is 14.1. The van der Waals surface area contributed by atoms with Gasteiger partial charge in [-0.1, -0.05) is 118 Å². The maximum Gasteiger partial charge on any atom is 0.137 e. The van der Waals surface area contributed by atoms with Gasteiger partial charge in [0, 0.05) is 53.3 Å². The molecule has 336 valence electrons. The number of benzene rings is 7. The molecule has 0 radical (unpaired) electrons. The second-order valence-corrected chi connectivity index (χ2v) is 20.6. The van der Waals surface area contributed by atoms with Gasteiger partial charge in [-0.25, -0.2) is 9.97 Å². The van der Waals surface area contributed by atoms with E-state index in [2.05, 4.69) is 224 Å². The first-order valence-corrected chi connectivity index (χ1v) is 24.1. The predicted octanol–water partition coefficient (Wildman–Crippen LogP) is 15.7. The summed E-state index contributed by atoms with van der Waals surface area (Å²) in [6.07, 6.45) is 5.33. The van der Waals surface area contributed by atoms with Crippen LogP contribution in [0.15, 0.2) is 170 Å². The topological polar surface area (TPSA) is 51.4 Å². The SMILES string of the molecule is CC(C)(C)c1ccnc(-n2c3ccccc3c3ccc(Oc4cc(-c5c(-c6ccccc6)cccc5-c5ccccc5)cc(N5CN(C(C)(C)C)c6cc7c(cc65)nc5n7CCCC5)c4)cc32)c1. The number of rotatable bonds is 7. The number of hydrogen-bond donors (Lipinski definition) is 0. The number of aryl methyl sites for hydroxylation is 2. The molecule has 2 aliphatic heterocycles. The van der Waals surface area contributed by atoms with Crippen LogP contribution in [-0.2, 0) is 18.4 Å². The molecule has 68 heavy (non-hydrogen) atoms. The molecule has 5 heterocycles. The molecule has 7 nitrogen and oxygen atoms in total. The Hall–Kier alpha value is -7.64. The molecule has 0 saturated heterocycles. The van der Waals surface area contributed by atoms with Crippen LogP contribution in [-0.4, -0.2) is 31.3 Å². The Bertz CT molecular complexity index is 3500. The fourth-order valence-corrected chi connectivity index (χ4v) is 10.6. The third-order valence-electron chi connectivity index (χ3n) is 14.1. The van der Waals surface area contributed by atoms with Gasteiger partial charge in [0.05, 0.1) is 40.1 Å². The van der Waals surface area contributed by atoms with Crippen LogP contribution in [0.4, 0.5) is 17.1 Å². The van der Waals surface area contributed by atoms with Gasteiger partial charge in [0.1, 0.15) is 23.1 Å². The minimum Gasteiger partial charge on any atom is -0.457 e. The van der Waals surface area contributed by atoms with E-state index in [4.69, 9.17) is 14.7 Å². The van der Waals surface area contributed by atoms with E-state index in [1.165, 1.54) is 40.8 Å². The maximum absolute atomic E-state index is 7.22. The van der Waals surface area contributed by atoms with Crippen LogP contribution in [0.5, 0.6) is 11.5 Å². The summed E-state index contributed by atoms with van der Waals surface area (Å²) in [7, 11) is 0. The molecule has 0 unspecified atom stereocenters. The van der Waals surface area contributed by atoms with Crippen molar-refractivity contribution < 1.29 is 4.74 Å². The van der Waals surface area contributed by atoms with E-state index >= 15 is 0 Å². The minimum atomic E-state index is -0.144. The van der Waals surface area contributed by atoms with Gasteiger partial charge in [0.15, 0.2) is 0 Å². The monoisotopic (exact) mass is 888 g/mol. The van der Waals surface area contributed by atoms with Gasteiger partial charge in [-0.3, -0.25) is 4.57 Å². The molecular formula is C61H56N6O. The van der Waals surface area contributed by atoms with E-state index in [0.29, 0.717) is 6.67 Å². The van der Waals surface area contributed by atoms with Gasteiger partial charge < -0.3 is 19.1 Å². The maximum atomic E-state index is 7.22. The Labute approximate surface area is 398 Å². The fourth-order valence-electron chi connectivity index (χ4n) is 10.6. The summed E-state index contributed by atoms with van der Waals surface area (Å²) >= 11 is 0. The average molecular weight is 889 g/mol. The van der Waals surface area contributed by atoms with Gasteiger partial charge in [-0.15, -0.1) is 0 Å². The van der Waals surface area contributed by atoms with Crippen molar-refractivity contribution in [3.63, 3.8) is 0 Å². The van der Waals surface area contributed by atoms with E-state index in [1.54, 1.807) is 0 Å². The first kappa shape index (κ1) is 41.8. The van der Waals surface area contributed by atoms with Gasteiger partial charge >= 0.3 is 0 Å². The van der Waals surface area contributed by atoms with Crippen LogP contribution < -0.4 is 14.5 Å². The summed E-state index contributed by atoms with van der Waals surface area (Å²) in [5.41, 5.74) is 15.8. The predicted molar refractivity (Wildman–Crippen MR) is 282 cm³/mol. The number of para-hydroxylation sites is 1. The van der Waals surface area contributed by atoms with Crippen LogP contribution in [0.25, 0.3) is 72.0 Å². The Morgan fingerprint density at radius 3 is 2.01 bits per heavy atom. The van der Waals surface area contributed by atoms with Crippen molar-refractivity contribution in [3.05, 3.63) is 181 Å². The summed E-state index contributed by atoms with van der Waals surface area (Å²) in [5, 5.41) is 2.33. The zero-order valence-electron chi connectivity index (χ0n) is 39.8. The Morgan fingerprint density at radius 1 is 0.559 bits per heavy atom. The van der Waals surface area contributed by atoms with E-state index < -0.39 is 0 Å². The zero-order chi connectivity index (χ0) is 46.3. The number of hydrogen-bond acceptors (Lipinski definition) is 5. The van der Waals surface area contributed by atoms with E-state index in [-0.39, 0.29) is 11.0 Å². The van der Waals surface area contributed by atoms with Gasteiger partial charge in [0.25, 0.3) is 0 Å². The number of imidazole rings is 1. The number of ether oxygens (including phenoxy) is 1. The number of anilines is 3. The molecule has 7 heteroatoms. The van der Waals surface area contributed by atoms with Crippen molar-refractivity contribution in [2.45, 2.75) is 78.3 Å². The molecular weight excluding hydrogens is 833 g/mol. The van der Waals surface area contributed by atoms with Crippen molar-refractivity contribution in [2.24, 2.45) is 0 Å². The lowest BCUT2D eigenvalue weighted by atomic mass is 9.87. The Morgan fingerprint density at radius 2 is 1.28 bits per heavy atom. The van der Waals surface area contributed by atoms with Gasteiger partial charge in [-0.2, -0.15) is 0 Å². The largest absolute Gasteiger partial charge is 0.457 e. The number of aromatic nitrogens is 4. The summed E-state index contributed by atoms with van der Waals surface area (Å²) < 4.78 is 12.0. The smallest absolute Gasteiger partial charge is 0.137 e. The molecule has 0 saturated carbocycles. The molecule has 10 aromatic rings. The summed E-state index contributed by atoms with van der Waals surface area (Å²) in [6, 6.07) is 59.2. The van der Waals surface area contributed by atoms with E-state index in [1.807, 2.05) is 6.20 Å². The van der Waals surface area contributed by atoms with Gasteiger partial charge in [0.2, 0.25) is 0 Å². The molecule has 0 N–H and O–H groups in total. The average Bonchev–Trinajstić information content (AvgIpc) is 4.02. The van der Waals surface area contributed by atoms with Crippen molar-refractivity contribution in [3.8, 4) is 50.7 Å². The second-order valence-electron chi connectivity index (χ2n) is 20.6. The van der Waals surface area contributed by atoms with Crippen molar-refractivity contribution in [2.75, 3.05) is 16.5 Å². The van der Waals surface area contributed by atoms with Crippen LogP contribution in [0.3, 0.4) is 0 Å². The highest BCUT2D eigenvalue weighted by Crippen LogP contribution is 2.50.